The second-order valence-corrected chi connectivity index (χ2v) is 6.96. The number of hydrogen-bond acceptors (Lipinski definition) is 5. The molecule has 3 rings (SSSR count). The van der Waals surface area contributed by atoms with Crippen LogP contribution in [0, 0.1) is 5.92 Å². The minimum absolute atomic E-state index is 0.236. The van der Waals surface area contributed by atoms with Gasteiger partial charge in [0.05, 0.1) is 5.92 Å². The molecule has 0 bridgehead atoms. The van der Waals surface area contributed by atoms with E-state index in [1.54, 1.807) is 18.3 Å². The van der Waals surface area contributed by atoms with Crippen molar-refractivity contribution in [1.29, 1.82) is 0 Å². The van der Waals surface area contributed by atoms with Crippen LogP contribution in [0.15, 0.2) is 29.2 Å². The van der Waals surface area contributed by atoms with Gasteiger partial charge >= 0.3 is 6.18 Å². The Bertz CT molecular complexity index is 911. The topological polar surface area (TPSA) is 91.0 Å². The molecular formula is C19H22F3N5O2. The molecule has 156 valence electrons. The third-order valence-corrected chi connectivity index (χ3v) is 4.76. The third-order valence-electron chi connectivity index (χ3n) is 4.76. The van der Waals surface area contributed by atoms with Gasteiger partial charge < -0.3 is 15.2 Å². The van der Waals surface area contributed by atoms with Gasteiger partial charge in [0.25, 0.3) is 5.56 Å². The number of nitrogens with zero attached hydrogens (tertiary/aromatic N) is 3. The Labute approximate surface area is 165 Å². The molecule has 1 aliphatic rings. The zero-order chi connectivity index (χ0) is 21.0. The molecule has 10 heteroatoms. The Kier molecular flexibility index (Phi) is 6.19. The summed E-state index contributed by atoms with van der Waals surface area (Å²) in [6, 6.07) is 4.97. The Morgan fingerprint density at radius 2 is 2.17 bits per heavy atom. The van der Waals surface area contributed by atoms with E-state index in [0.29, 0.717) is 55.3 Å². The number of piperidine rings is 1. The minimum atomic E-state index is -4.43. The van der Waals surface area contributed by atoms with E-state index in [2.05, 4.69) is 15.0 Å². The molecule has 0 spiro atoms. The van der Waals surface area contributed by atoms with Crippen molar-refractivity contribution in [3.05, 3.63) is 40.4 Å². The number of hydrogen-bond donors (Lipinski definition) is 2. The predicted octanol–water partition coefficient (Wildman–Crippen LogP) is 2.29. The molecule has 1 aliphatic heterocycles. The van der Waals surface area contributed by atoms with E-state index < -0.39 is 24.5 Å². The van der Waals surface area contributed by atoms with Gasteiger partial charge in [-0.3, -0.25) is 9.59 Å². The first-order chi connectivity index (χ1) is 13.7. The number of aromatic nitrogens is 3. The van der Waals surface area contributed by atoms with Crippen LogP contribution >= 0.6 is 0 Å². The monoisotopic (exact) mass is 409 g/mol. The van der Waals surface area contributed by atoms with E-state index in [4.69, 9.17) is 0 Å². The molecule has 1 atom stereocenters. The molecule has 1 fully saturated rings. The Morgan fingerprint density at radius 1 is 1.38 bits per heavy atom. The lowest BCUT2D eigenvalue weighted by atomic mass is 9.97. The second kappa shape index (κ2) is 8.62. The summed E-state index contributed by atoms with van der Waals surface area (Å²) in [4.78, 5) is 37.1. The van der Waals surface area contributed by atoms with Gasteiger partial charge in [-0.05, 0) is 31.4 Å². The molecule has 2 aromatic heterocycles. The van der Waals surface area contributed by atoms with E-state index in [-0.39, 0.29) is 5.56 Å². The normalized spacial score (nSPS) is 17.2. The number of anilines is 1. The Morgan fingerprint density at radius 3 is 2.83 bits per heavy atom. The zero-order valence-electron chi connectivity index (χ0n) is 15.9. The molecule has 1 amide bonds. The zero-order valence-corrected chi connectivity index (χ0v) is 15.9. The summed E-state index contributed by atoms with van der Waals surface area (Å²) in [6.45, 7) is 1.55. The van der Waals surface area contributed by atoms with Crippen LogP contribution in [0.4, 0.5) is 19.0 Å². The van der Waals surface area contributed by atoms with Crippen LogP contribution in [-0.4, -0.2) is 46.7 Å². The quantitative estimate of drug-likeness (QED) is 0.791. The number of aryl methyl sites for hydroxylation is 1. The molecule has 3 heterocycles. The summed E-state index contributed by atoms with van der Waals surface area (Å²) in [7, 11) is 0. The maximum absolute atomic E-state index is 12.3. The first-order valence-corrected chi connectivity index (χ1v) is 9.41. The van der Waals surface area contributed by atoms with Crippen molar-refractivity contribution >= 4 is 11.7 Å². The van der Waals surface area contributed by atoms with Crippen molar-refractivity contribution in [2.45, 2.75) is 32.4 Å². The van der Waals surface area contributed by atoms with Gasteiger partial charge in [0.2, 0.25) is 5.91 Å². The van der Waals surface area contributed by atoms with Crippen LogP contribution in [0.1, 0.15) is 25.5 Å². The maximum Gasteiger partial charge on any atom is 0.405 e. The fraction of sp³-hybridized carbons (Fsp3) is 0.474. The average Bonchev–Trinajstić information content (AvgIpc) is 2.71. The van der Waals surface area contributed by atoms with E-state index >= 15 is 0 Å². The lowest BCUT2D eigenvalue weighted by Gasteiger charge is -2.33. The van der Waals surface area contributed by atoms with E-state index in [1.807, 2.05) is 17.1 Å². The van der Waals surface area contributed by atoms with Gasteiger partial charge in [-0.2, -0.15) is 13.2 Å². The largest absolute Gasteiger partial charge is 0.405 e. The Balaban J connectivity index is 1.69. The summed E-state index contributed by atoms with van der Waals surface area (Å²) >= 11 is 0. The lowest BCUT2D eigenvalue weighted by Crippen LogP contribution is -2.45. The summed E-state index contributed by atoms with van der Waals surface area (Å²) in [6.07, 6.45) is -0.992. The van der Waals surface area contributed by atoms with Gasteiger partial charge in [-0.25, -0.2) is 9.97 Å². The van der Waals surface area contributed by atoms with Gasteiger partial charge in [0.15, 0.2) is 0 Å². The number of halogens is 3. The number of carbonyl (C=O) groups excluding carboxylic acids is 1. The van der Waals surface area contributed by atoms with Crippen molar-refractivity contribution in [3.8, 4) is 11.4 Å². The average molecular weight is 409 g/mol. The van der Waals surface area contributed by atoms with E-state index in [9.17, 15) is 22.8 Å². The van der Waals surface area contributed by atoms with Crippen LogP contribution in [0.5, 0.6) is 0 Å². The molecule has 0 aliphatic carbocycles. The minimum Gasteiger partial charge on any atom is -0.356 e. The molecule has 1 saturated heterocycles. The maximum atomic E-state index is 12.3. The van der Waals surface area contributed by atoms with Crippen molar-refractivity contribution in [2.24, 2.45) is 5.92 Å². The van der Waals surface area contributed by atoms with Crippen molar-refractivity contribution < 1.29 is 18.0 Å². The molecule has 29 heavy (non-hydrogen) atoms. The highest BCUT2D eigenvalue weighted by molar-refractivity contribution is 5.79. The number of rotatable bonds is 5. The number of pyridine rings is 1. The van der Waals surface area contributed by atoms with Crippen LogP contribution in [-0.2, 0) is 11.2 Å². The number of nitrogens with one attached hydrogen (secondary N) is 2. The predicted molar refractivity (Wildman–Crippen MR) is 101 cm³/mol. The number of aromatic amines is 1. The molecule has 2 aromatic rings. The second-order valence-electron chi connectivity index (χ2n) is 6.96. The van der Waals surface area contributed by atoms with Crippen molar-refractivity contribution in [3.63, 3.8) is 0 Å². The highest BCUT2D eigenvalue weighted by Crippen LogP contribution is 2.24. The third kappa shape index (κ3) is 5.55. The molecular weight excluding hydrogens is 387 g/mol. The van der Waals surface area contributed by atoms with E-state index in [0.717, 1.165) is 0 Å². The van der Waals surface area contributed by atoms with Gasteiger partial charge in [-0.15, -0.1) is 0 Å². The number of amides is 1. The SMILES string of the molecule is CCc1cc(=O)[nH]c(-c2ccc(N3CCCC(C(=O)NCC(F)(F)F)C3)nc2)n1. The van der Waals surface area contributed by atoms with Gasteiger partial charge in [-0.1, -0.05) is 6.92 Å². The fourth-order valence-corrected chi connectivity index (χ4v) is 3.27. The van der Waals surface area contributed by atoms with Crippen LogP contribution < -0.4 is 15.8 Å². The van der Waals surface area contributed by atoms with Crippen LogP contribution in [0.3, 0.4) is 0 Å². The van der Waals surface area contributed by atoms with Gasteiger partial charge in [0.1, 0.15) is 18.2 Å². The number of H-pyrrole nitrogens is 1. The van der Waals surface area contributed by atoms with Gasteiger partial charge in [0, 0.05) is 36.6 Å². The molecule has 7 nitrogen and oxygen atoms in total. The highest BCUT2D eigenvalue weighted by atomic mass is 19.4. The van der Waals surface area contributed by atoms with Crippen LogP contribution in [0.25, 0.3) is 11.4 Å². The molecule has 0 radical (unpaired) electrons. The van der Waals surface area contributed by atoms with Crippen LogP contribution in [0.2, 0.25) is 0 Å². The molecule has 0 aromatic carbocycles. The smallest absolute Gasteiger partial charge is 0.356 e. The van der Waals surface area contributed by atoms with Crippen molar-refractivity contribution in [2.75, 3.05) is 24.5 Å². The number of carbonyl (C=O) groups is 1. The van der Waals surface area contributed by atoms with Crippen molar-refractivity contribution in [1.82, 2.24) is 20.3 Å². The van der Waals surface area contributed by atoms with E-state index in [1.165, 1.54) is 6.07 Å². The fourth-order valence-electron chi connectivity index (χ4n) is 3.27. The lowest BCUT2D eigenvalue weighted by molar-refractivity contribution is -0.140. The summed E-state index contributed by atoms with van der Waals surface area (Å²) < 4.78 is 36.9. The summed E-state index contributed by atoms with van der Waals surface area (Å²) in [5.41, 5.74) is 1.09. The molecule has 1 unspecified atom stereocenters. The molecule has 2 N–H and O–H groups in total. The number of alkyl halides is 3. The summed E-state index contributed by atoms with van der Waals surface area (Å²) in [5.74, 6) is -0.0684. The standard InChI is InChI=1S/C19H22F3N5O2/c1-2-14-8-16(28)26-17(25-14)12-5-6-15(23-9-12)27-7-3-4-13(10-27)18(29)24-11-19(20,21)22/h5-6,8-9,13H,2-4,7,10-11H2,1H3,(H,24,29)(H,25,26,28). The Hall–Kier alpha value is -2.91. The first-order valence-electron chi connectivity index (χ1n) is 9.41. The highest BCUT2D eigenvalue weighted by Gasteiger charge is 2.31. The first kappa shape index (κ1) is 20.8. The summed E-state index contributed by atoms with van der Waals surface area (Å²) in [5, 5.41) is 1.96. The molecule has 0 saturated carbocycles.